The molecular weight excluding hydrogens is 328 g/mol. The van der Waals surface area contributed by atoms with E-state index in [2.05, 4.69) is 20.4 Å². The number of hydrogen-bond donors (Lipinski definition) is 0. The van der Waals surface area contributed by atoms with Crippen LogP contribution in [0.15, 0.2) is 47.5 Å². The van der Waals surface area contributed by atoms with Gasteiger partial charge in [-0.25, -0.2) is 0 Å². The first kappa shape index (κ1) is 18.7. The first-order valence-electron chi connectivity index (χ1n) is 9.36. The van der Waals surface area contributed by atoms with Gasteiger partial charge in [0.1, 0.15) is 5.60 Å². The minimum Gasteiger partial charge on any atom is -0.492 e. The fraction of sp³-hybridized carbons (Fsp3) is 0.545. The van der Waals surface area contributed by atoms with Crippen LogP contribution < -0.4 is 0 Å². The van der Waals surface area contributed by atoms with Crippen LogP contribution >= 0.6 is 0 Å². The minimum absolute atomic E-state index is 0.0607. The zero-order valence-corrected chi connectivity index (χ0v) is 16.2. The second-order valence-corrected chi connectivity index (χ2v) is 8.28. The van der Waals surface area contributed by atoms with Crippen LogP contribution in [0.5, 0.6) is 0 Å². The highest BCUT2D eigenvalue weighted by Gasteiger charge is 2.40. The molecule has 0 unspecified atom stereocenters. The van der Waals surface area contributed by atoms with E-state index in [9.17, 15) is 9.59 Å². The molecule has 1 fully saturated rings. The molecule has 26 heavy (non-hydrogen) atoms. The van der Waals surface area contributed by atoms with Crippen LogP contribution in [-0.2, 0) is 19.1 Å². The Kier molecular flexibility index (Phi) is 4.72. The van der Waals surface area contributed by atoms with Crippen molar-refractivity contribution in [2.24, 2.45) is 11.3 Å². The van der Waals surface area contributed by atoms with E-state index in [0.717, 1.165) is 19.3 Å². The Balaban J connectivity index is 1.74. The number of carbonyl (C=O) groups is 2. The summed E-state index contributed by atoms with van der Waals surface area (Å²) < 4.78 is 11.0. The number of allylic oxidation sites excluding steroid dienone is 4. The average molecular weight is 356 g/mol. The predicted molar refractivity (Wildman–Crippen MR) is 100 cm³/mol. The topological polar surface area (TPSA) is 52.6 Å². The maximum Gasteiger partial charge on any atom is 0.231 e. The van der Waals surface area contributed by atoms with Gasteiger partial charge in [-0.2, -0.15) is 0 Å². The zero-order valence-electron chi connectivity index (χ0n) is 16.2. The summed E-state index contributed by atoms with van der Waals surface area (Å²) in [7, 11) is 1.39. The van der Waals surface area contributed by atoms with Gasteiger partial charge in [0.15, 0.2) is 11.5 Å². The second kappa shape index (κ2) is 6.57. The van der Waals surface area contributed by atoms with Gasteiger partial charge in [-0.15, -0.1) is 0 Å². The summed E-state index contributed by atoms with van der Waals surface area (Å²) >= 11 is 0. The third-order valence-electron chi connectivity index (χ3n) is 6.27. The summed E-state index contributed by atoms with van der Waals surface area (Å²) in [5.74, 6) is 0.136. The van der Waals surface area contributed by atoms with E-state index in [1.54, 1.807) is 6.08 Å². The van der Waals surface area contributed by atoms with Crippen molar-refractivity contribution >= 4 is 11.6 Å². The first-order valence-corrected chi connectivity index (χ1v) is 9.36. The van der Waals surface area contributed by atoms with Crippen molar-refractivity contribution in [2.45, 2.75) is 58.5 Å². The maximum atomic E-state index is 12.4. The van der Waals surface area contributed by atoms with E-state index in [1.165, 1.54) is 31.6 Å². The van der Waals surface area contributed by atoms with Crippen LogP contribution in [0.2, 0.25) is 0 Å². The number of ketones is 2. The van der Waals surface area contributed by atoms with Crippen LogP contribution in [0.4, 0.5) is 0 Å². The lowest BCUT2D eigenvalue weighted by atomic mass is 9.65. The Morgan fingerprint density at radius 3 is 2.73 bits per heavy atom. The summed E-state index contributed by atoms with van der Waals surface area (Å²) in [5, 5.41) is 0. The molecule has 0 saturated heterocycles. The number of rotatable bonds is 4. The molecule has 3 aliphatic rings. The number of hydrogen-bond acceptors (Lipinski definition) is 4. The number of ether oxygens (including phenoxy) is 2. The molecule has 4 nitrogen and oxygen atoms in total. The van der Waals surface area contributed by atoms with Crippen molar-refractivity contribution < 1.29 is 19.1 Å². The normalized spacial score (nSPS) is 34.4. The molecule has 4 heteroatoms. The summed E-state index contributed by atoms with van der Waals surface area (Å²) in [4.78, 5) is 24.7. The van der Waals surface area contributed by atoms with Crippen molar-refractivity contribution in [3.8, 4) is 0 Å². The van der Waals surface area contributed by atoms with Crippen LogP contribution in [0, 0.1) is 11.3 Å². The largest absolute Gasteiger partial charge is 0.492 e. The number of Topliss-reactive ketones (excluding diaryl/α,β-unsaturated/α-hetero) is 1. The molecule has 0 bridgehead atoms. The zero-order chi connectivity index (χ0) is 19.1. The van der Waals surface area contributed by atoms with Crippen molar-refractivity contribution in [1.29, 1.82) is 0 Å². The summed E-state index contributed by atoms with van der Waals surface area (Å²) in [5.41, 5.74) is 1.11. The molecule has 0 aromatic carbocycles. The van der Waals surface area contributed by atoms with Crippen molar-refractivity contribution in [1.82, 2.24) is 0 Å². The second-order valence-electron chi connectivity index (χ2n) is 8.28. The average Bonchev–Trinajstić information content (AvgIpc) is 2.61. The summed E-state index contributed by atoms with van der Waals surface area (Å²) in [6, 6.07) is 0. The molecule has 1 aliphatic heterocycles. The molecule has 2 aliphatic carbocycles. The number of methoxy groups -OCH3 is 1. The monoisotopic (exact) mass is 356 g/mol. The summed E-state index contributed by atoms with van der Waals surface area (Å²) in [6.45, 7) is 10.9. The highest BCUT2D eigenvalue weighted by Crippen LogP contribution is 2.47. The van der Waals surface area contributed by atoms with E-state index in [4.69, 9.17) is 9.47 Å². The maximum absolute atomic E-state index is 12.4. The SMILES string of the molecule is C=C1[C@H](C)CCC[C@]1(C)CC[C@@]1(C)C=CC2=C(O1)C(=O)C=C(OC)C2=O. The Hall–Kier alpha value is -2.10. The van der Waals surface area contributed by atoms with Crippen molar-refractivity contribution in [3.05, 3.63) is 47.5 Å². The predicted octanol–water partition coefficient (Wildman–Crippen LogP) is 4.43. The van der Waals surface area contributed by atoms with Gasteiger partial charge < -0.3 is 9.47 Å². The molecule has 1 saturated carbocycles. The van der Waals surface area contributed by atoms with E-state index in [0.29, 0.717) is 5.92 Å². The molecule has 1 heterocycles. The lowest BCUT2D eigenvalue weighted by Gasteiger charge is -2.42. The van der Waals surface area contributed by atoms with Gasteiger partial charge in [-0.05, 0) is 56.1 Å². The van der Waals surface area contributed by atoms with Crippen molar-refractivity contribution in [3.63, 3.8) is 0 Å². The highest BCUT2D eigenvalue weighted by molar-refractivity contribution is 6.22. The van der Waals surface area contributed by atoms with E-state index < -0.39 is 5.60 Å². The molecule has 0 amide bonds. The van der Waals surface area contributed by atoms with Gasteiger partial charge in [-0.1, -0.05) is 32.4 Å². The molecule has 140 valence electrons. The van der Waals surface area contributed by atoms with Crippen LogP contribution in [0.3, 0.4) is 0 Å². The number of carbonyl (C=O) groups excluding carboxylic acids is 2. The van der Waals surface area contributed by atoms with Gasteiger partial charge in [-0.3, -0.25) is 9.59 Å². The Bertz CT molecular complexity index is 754. The Morgan fingerprint density at radius 2 is 2.04 bits per heavy atom. The smallest absolute Gasteiger partial charge is 0.231 e. The van der Waals surface area contributed by atoms with E-state index >= 15 is 0 Å². The van der Waals surface area contributed by atoms with Gasteiger partial charge in [0.2, 0.25) is 11.6 Å². The Morgan fingerprint density at radius 1 is 1.31 bits per heavy atom. The van der Waals surface area contributed by atoms with Gasteiger partial charge >= 0.3 is 0 Å². The van der Waals surface area contributed by atoms with Gasteiger partial charge in [0.05, 0.1) is 12.7 Å². The lowest BCUT2D eigenvalue weighted by Crippen LogP contribution is -2.36. The van der Waals surface area contributed by atoms with Crippen molar-refractivity contribution in [2.75, 3.05) is 7.11 Å². The molecule has 0 aromatic heterocycles. The van der Waals surface area contributed by atoms with E-state index in [1.807, 2.05) is 13.0 Å². The van der Waals surface area contributed by atoms with E-state index in [-0.39, 0.29) is 34.1 Å². The third-order valence-corrected chi connectivity index (χ3v) is 6.27. The fourth-order valence-corrected chi connectivity index (χ4v) is 4.23. The first-order chi connectivity index (χ1) is 12.2. The standard InChI is InChI=1S/C22H28O4/c1-14-7-6-9-21(3,15(14)2)11-12-22(4)10-8-16-19(24)18(25-5)13-17(23)20(16)26-22/h8,10,13-14H,2,6-7,9,11-12H2,1,3-5H3/t14-,21-,22-/m1/s1. The van der Waals surface area contributed by atoms with Crippen LogP contribution in [0.25, 0.3) is 0 Å². The molecule has 3 rings (SSSR count). The molecular formula is C22H28O4. The van der Waals surface area contributed by atoms with Crippen LogP contribution in [0.1, 0.15) is 52.9 Å². The van der Waals surface area contributed by atoms with Crippen LogP contribution in [-0.4, -0.2) is 24.3 Å². The molecule has 0 radical (unpaired) electrons. The molecule has 3 atom stereocenters. The Labute approximate surface area is 155 Å². The van der Waals surface area contributed by atoms with Gasteiger partial charge in [0, 0.05) is 6.08 Å². The minimum atomic E-state index is -0.600. The molecule has 0 N–H and O–H groups in total. The quantitative estimate of drug-likeness (QED) is 0.552. The summed E-state index contributed by atoms with van der Waals surface area (Å²) in [6.07, 6.45) is 10.1. The molecule has 0 spiro atoms. The lowest BCUT2D eigenvalue weighted by molar-refractivity contribution is -0.122. The van der Waals surface area contributed by atoms with Gasteiger partial charge in [0.25, 0.3) is 0 Å². The fourth-order valence-electron chi connectivity index (χ4n) is 4.23. The molecule has 0 aromatic rings. The highest BCUT2D eigenvalue weighted by atomic mass is 16.5. The third kappa shape index (κ3) is 3.17.